The van der Waals surface area contributed by atoms with Gasteiger partial charge in [-0.15, -0.1) is 0 Å². The average Bonchev–Trinajstić information content (AvgIpc) is 2.88. The van der Waals surface area contributed by atoms with Gasteiger partial charge in [0.2, 0.25) is 5.95 Å². The van der Waals surface area contributed by atoms with E-state index < -0.39 is 0 Å². The number of imidazole rings is 1. The highest BCUT2D eigenvalue weighted by Crippen LogP contribution is 2.17. The van der Waals surface area contributed by atoms with Gasteiger partial charge in [0.15, 0.2) is 0 Å². The second-order valence-corrected chi connectivity index (χ2v) is 4.76. The third-order valence-corrected chi connectivity index (χ3v) is 3.27. The lowest BCUT2D eigenvalue weighted by atomic mass is 10.2. The molecule has 1 aliphatic rings. The van der Waals surface area contributed by atoms with Crippen molar-refractivity contribution in [1.29, 1.82) is 0 Å². The molecule has 1 atom stereocenters. The minimum absolute atomic E-state index is 0.370. The molecular weight excluding hydrogens is 226 g/mol. The lowest BCUT2D eigenvalue weighted by Gasteiger charge is -2.12. The van der Waals surface area contributed by atoms with Crippen molar-refractivity contribution in [3.63, 3.8) is 0 Å². The highest BCUT2D eigenvalue weighted by atomic mass is 15.2. The van der Waals surface area contributed by atoms with E-state index in [0.29, 0.717) is 6.04 Å². The van der Waals surface area contributed by atoms with Gasteiger partial charge in [-0.05, 0) is 19.4 Å². The Bertz CT molecular complexity index is 540. The van der Waals surface area contributed by atoms with Gasteiger partial charge in [-0.3, -0.25) is 0 Å². The maximum atomic E-state index is 4.52. The van der Waals surface area contributed by atoms with Crippen molar-refractivity contribution in [3.8, 4) is 0 Å². The highest BCUT2D eigenvalue weighted by molar-refractivity contribution is 5.31. The normalized spacial score (nSPS) is 17.8. The molecule has 0 bridgehead atoms. The van der Waals surface area contributed by atoms with Crippen LogP contribution < -0.4 is 5.32 Å². The Morgan fingerprint density at radius 3 is 3.11 bits per heavy atom. The summed E-state index contributed by atoms with van der Waals surface area (Å²) in [5.74, 6) is 0.746. The largest absolute Gasteiger partial charge is 0.349 e. The van der Waals surface area contributed by atoms with Crippen LogP contribution in [0.3, 0.4) is 0 Å². The SMILES string of the molecule is CCc1cc(C)nc(NC2Cc3cncn3C2)n1. The van der Waals surface area contributed by atoms with Crippen LogP contribution in [-0.2, 0) is 19.4 Å². The van der Waals surface area contributed by atoms with Crippen LogP contribution in [0.5, 0.6) is 0 Å². The number of aryl methyl sites for hydroxylation is 2. The first-order valence-electron chi connectivity index (χ1n) is 6.34. The topological polar surface area (TPSA) is 55.6 Å². The molecule has 5 nitrogen and oxygen atoms in total. The van der Waals surface area contributed by atoms with Crippen molar-refractivity contribution in [1.82, 2.24) is 19.5 Å². The van der Waals surface area contributed by atoms with E-state index in [1.807, 2.05) is 25.5 Å². The summed E-state index contributed by atoms with van der Waals surface area (Å²) >= 11 is 0. The van der Waals surface area contributed by atoms with Crippen molar-refractivity contribution in [2.24, 2.45) is 0 Å². The number of rotatable bonds is 3. The summed E-state index contributed by atoms with van der Waals surface area (Å²) in [6, 6.07) is 2.40. The van der Waals surface area contributed by atoms with Crippen LogP contribution in [0.4, 0.5) is 5.95 Å². The van der Waals surface area contributed by atoms with Crippen LogP contribution in [0.15, 0.2) is 18.6 Å². The number of anilines is 1. The van der Waals surface area contributed by atoms with Crippen LogP contribution in [0, 0.1) is 6.92 Å². The molecule has 5 heteroatoms. The Morgan fingerprint density at radius 1 is 1.44 bits per heavy atom. The van der Waals surface area contributed by atoms with E-state index in [1.165, 1.54) is 5.69 Å². The van der Waals surface area contributed by atoms with Gasteiger partial charge in [-0.1, -0.05) is 6.92 Å². The van der Waals surface area contributed by atoms with E-state index in [2.05, 4.69) is 31.8 Å². The van der Waals surface area contributed by atoms with Gasteiger partial charge in [0.25, 0.3) is 0 Å². The van der Waals surface area contributed by atoms with E-state index >= 15 is 0 Å². The third kappa shape index (κ3) is 2.08. The van der Waals surface area contributed by atoms with Gasteiger partial charge in [0, 0.05) is 36.2 Å². The monoisotopic (exact) mass is 243 g/mol. The smallest absolute Gasteiger partial charge is 0.223 e. The van der Waals surface area contributed by atoms with E-state index in [0.717, 1.165) is 36.7 Å². The Kier molecular flexibility index (Phi) is 2.74. The second kappa shape index (κ2) is 4.40. The summed E-state index contributed by atoms with van der Waals surface area (Å²) < 4.78 is 2.17. The molecule has 0 amide bonds. The Labute approximate surface area is 106 Å². The first-order chi connectivity index (χ1) is 8.74. The minimum atomic E-state index is 0.370. The van der Waals surface area contributed by atoms with Gasteiger partial charge < -0.3 is 9.88 Å². The summed E-state index contributed by atoms with van der Waals surface area (Å²) in [5, 5.41) is 3.42. The molecule has 2 aromatic heterocycles. The summed E-state index contributed by atoms with van der Waals surface area (Å²) in [6.07, 6.45) is 5.73. The van der Waals surface area contributed by atoms with Crippen LogP contribution in [0.2, 0.25) is 0 Å². The lowest BCUT2D eigenvalue weighted by Crippen LogP contribution is -2.22. The third-order valence-electron chi connectivity index (χ3n) is 3.27. The van der Waals surface area contributed by atoms with Crippen molar-refractivity contribution < 1.29 is 0 Å². The van der Waals surface area contributed by atoms with Crippen LogP contribution in [0.1, 0.15) is 24.0 Å². The zero-order valence-corrected chi connectivity index (χ0v) is 10.7. The van der Waals surface area contributed by atoms with Crippen LogP contribution in [-0.4, -0.2) is 25.6 Å². The average molecular weight is 243 g/mol. The number of fused-ring (bicyclic) bond motifs is 1. The predicted octanol–water partition coefficient (Wildman–Crippen LogP) is 1.58. The van der Waals surface area contributed by atoms with Gasteiger partial charge in [0.1, 0.15) is 0 Å². The summed E-state index contributed by atoms with van der Waals surface area (Å²) in [5.41, 5.74) is 3.38. The fraction of sp³-hybridized carbons (Fsp3) is 0.462. The molecule has 0 saturated carbocycles. The van der Waals surface area contributed by atoms with Gasteiger partial charge in [-0.25, -0.2) is 15.0 Å². The number of nitrogens with one attached hydrogen (secondary N) is 1. The van der Waals surface area contributed by atoms with E-state index in [4.69, 9.17) is 0 Å². The van der Waals surface area contributed by atoms with Crippen molar-refractivity contribution in [2.75, 3.05) is 5.32 Å². The van der Waals surface area contributed by atoms with E-state index in [9.17, 15) is 0 Å². The Balaban J connectivity index is 1.74. The van der Waals surface area contributed by atoms with E-state index in [-0.39, 0.29) is 0 Å². The van der Waals surface area contributed by atoms with Gasteiger partial charge in [0.05, 0.1) is 12.4 Å². The molecule has 0 aliphatic carbocycles. The van der Waals surface area contributed by atoms with Gasteiger partial charge >= 0.3 is 0 Å². The van der Waals surface area contributed by atoms with Crippen LogP contribution >= 0.6 is 0 Å². The summed E-state index contributed by atoms with van der Waals surface area (Å²) in [6.45, 7) is 5.06. The standard InChI is InChI=1S/C13H17N5/c1-3-10-4-9(2)15-13(16-10)17-11-5-12-6-14-8-18(12)7-11/h4,6,8,11H,3,5,7H2,1-2H3,(H,15,16,17). The highest BCUT2D eigenvalue weighted by Gasteiger charge is 2.21. The van der Waals surface area contributed by atoms with E-state index in [1.54, 1.807) is 0 Å². The predicted molar refractivity (Wildman–Crippen MR) is 69.5 cm³/mol. The molecule has 0 spiro atoms. The van der Waals surface area contributed by atoms with Crippen molar-refractivity contribution >= 4 is 5.95 Å². The number of nitrogens with zero attached hydrogens (tertiary/aromatic N) is 4. The molecule has 18 heavy (non-hydrogen) atoms. The fourth-order valence-electron chi connectivity index (χ4n) is 2.40. The minimum Gasteiger partial charge on any atom is -0.349 e. The first kappa shape index (κ1) is 11.2. The molecule has 1 aliphatic heterocycles. The molecule has 3 rings (SSSR count). The fourth-order valence-corrected chi connectivity index (χ4v) is 2.40. The first-order valence-corrected chi connectivity index (χ1v) is 6.34. The van der Waals surface area contributed by atoms with Gasteiger partial charge in [-0.2, -0.15) is 0 Å². The molecule has 1 unspecified atom stereocenters. The van der Waals surface area contributed by atoms with Crippen LogP contribution in [0.25, 0.3) is 0 Å². The van der Waals surface area contributed by atoms with Crippen molar-refractivity contribution in [2.45, 2.75) is 39.3 Å². The Hall–Kier alpha value is -1.91. The zero-order chi connectivity index (χ0) is 12.5. The maximum absolute atomic E-state index is 4.52. The number of hydrogen-bond donors (Lipinski definition) is 1. The summed E-state index contributed by atoms with van der Waals surface area (Å²) in [4.78, 5) is 13.1. The molecule has 1 N–H and O–H groups in total. The molecule has 2 aromatic rings. The molecule has 0 saturated heterocycles. The molecule has 3 heterocycles. The molecule has 0 aromatic carbocycles. The number of hydrogen-bond acceptors (Lipinski definition) is 4. The molecular formula is C13H17N5. The van der Waals surface area contributed by atoms with Crippen molar-refractivity contribution in [3.05, 3.63) is 35.7 Å². The maximum Gasteiger partial charge on any atom is 0.223 e. The molecule has 0 fully saturated rings. The Morgan fingerprint density at radius 2 is 2.33 bits per heavy atom. The number of aromatic nitrogens is 4. The molecule has 0 radical (unpaired) electrons. The molecule has 94 valence electrons. The quantitative estimate of drug-likeness (QED) is 0.889. The second-order valence-electron chi connectivity index (χ2n) is 4.76. The zero-order valence-electron chi connectivity index (χ0n) is 10.7. The lowest BCUT2D eigenvalue weighted by molar-refractivity contribution is 0.664. The summed E-state index contributed by atoms with van der Waals surface area (Å²) in [7, 11) is 0.